The van der Waals surface area contributed by atoms with Crippen LogP contribution in [-0.4, -0.2) is 25.8 Å². The van der Waals surface area contributed by atoms with Crippen molar-refractivity contribution in [3.05, 3.63) is 70.0 Å². The summed E-state index contributed by atoms with van der Waals surface area (Å²) in [7, 11) is 0. The minimum absolute atomic E-state index is 0.368. The van der Waals surface area contributed by atoms with Crippen LogP contribution in [0.2, 0.25) is 0 Å². The summed E-state index contributed by atoms with van der Waals surface area (Å²) < 4.78 is 7.33. The highest BCUT2D eigenvalue weighted by molar-refractivity contribution is 7.09. The molecule has 4 heterocycles. The van der Waals surface area contributed by atoms with Crippen LogP contribution in [-0.2, 0) is 13.1 Å². The highest BCUT2D eigenvalue weighted by Gasteiger charge is 2.28. The first-order valence-electron chi connectivity index (χ1n) is 8.63. The van der Waals surface area contributed by atoms with Crippen LogP contribution in [0.15, 0.2) is 53.9 Å². The zero-order valence-electron chi connectivity index (χ0n) is 14.6. The summed E-state index contributed by atoms with van der Waals surface area (Å²) in [5.41, 5.74) is 3.40. The van der Waals surface area contributed by atoms with Gasteiger partial charge in [0.15, 0.2) is 5.65 Å². The first kappa shape index (κ1) is 16.0. The van der Waals surface area contributed by atoms with Crippen molar-refractivity contribution in [2.24, 2.45) is 0 Å². The van der Waals surface area contributed by atoms with Gasteiger partial charge in [-0.2, -0.15) is 10.1 Å². The van der Waals surface area contributed by atoms with Crippen LogP contribution in [0.1, 0.15) is 16.1 Å². The van der Waals surface area contributed by atoms with Gasteiger partial charge in [-0.1, -0.05) is 24.3 Å². The van der Waals surface area contributed by atoms with Crippen molar-refractivity contribution in [1.29, 1.82) is 0 Å². The van der Waals surface area contributed by atoms with Gasteiger partial charge in [-0.05, 0) is 36.6 Å². The number of hydrogen-bond acceptors (Lipinski definition) is 5. The summed E-state index contributed by atoms with van der Waals surface area (Å²) in [6.07, 6.45) is -0.370. The van der Waals surface area contributed by atoms with Gasteiger partial charge in [0.05, 0.1) is 24.5 Å². The average molecular weight is 376 g/mol. The van der Waals surface area contributed by atoms with Gasteiger partial charge in [0, 0.05) is 15.8 Å². The van der Waals surface area contributed by atoms with Crippen molar-refractivity contribution in [1.82, 2.24) is 19.7 Å². The number of pyridine rings is 1. The van der Waals surface area contributed by atoms with Gasteiger partial charge >= 0.3 is 6.09 Å². The smallest absolute Gasteiger partial charge is 0.391 e. The third-order valence-electron chi connectivity index (χ3n) is 4.61. The third-order valence-corrected chi connectivity index (χ3v) is 5.47. The first-order chi connectivity index (χ1) is 13.2. The Morgan fingerprint density at radius 1 is 1.19 bits per heavy atom. The monoisotopic (exact) mass is 376 g/mol. The number of carbonyl (C=O) groups is 1. The number of rotatable bonds is 3. The molecule has 1 aliphatic heterocycles. The Kier molecular flexibility index (Phi) is 3.68. The molecule has 0 unspecified atom stereocenters. The Bertz CT molecular complexity index is 1140. The number of amides is 1. The Morgan fingerprint density at radius 3 is 2.81 bits per heavy atom. The molecule has 0 atom stereocenters. The predicted molar refractivity (Wildman–Crippen MR) is 103 cm³/mol. The predicted octanol–water partition coefficient (Wildman–Crippen LogP) is 4.31. The molecule has 3 aromatic heterocycles. The maximum absolute atomic E-state index is 12.4. The highest BCUT2D eigenvalue weighted by atomic mass is 32.1. The lowest BCUT2D eigenvalue weighted by atomic mass is 10.1. The summed E-state index contributed by atoms with van der Waals surface area (Å²) in [6.45, 7) is 2.98. The van der Waals surface area contributed by atoms with Crippen LogP contribution in [0.3, 0.4) is 0 Å². The second-order valence-corrected chi connectivity index (χ2v) is 7.49. The molecule has 0 spiro atoms. The van der Waals surface area contributed by atoms with Crippen molar-refractivity contribution in [2.75, 3.05) is 0 Å². The number of aromatic nitrogens is 3. The molecule has 0 saturated carbocycles. The molecule has 0 saturated heterocycles. The van der Waals surface area contributed by atoms with Gasteiger partial charge in [0.25, 0.3) is 0 Å². The van der Waals surface area contributed by atoms with Gasteiger partial charge in [0.2, 0.25) is 5.88 Å². The molecule has 134 valence electrons. The maximum atomic E-state index is 12.4. The van der Waals surface area contributed by atoms with E-state index >= 15 is 0 Å². The fourth-order valence-corrected chi connectivity index (χ4v) is 4.01. The highest BCUT2D eigenvalue weighted by Crippen LogP contribution is 2.31. The van der Waals surface area contributed by atoms with E-state index in [0.717, 1.165) is 27.2 Å². The Morgan fingerprint density at radius 2 is 2.04 bits per heavy atom. The summed E-state index contributed by atoms with van der Waals surface area (Å²) in [6, 6.07) is 15.9. The molecule has 1 aliphatic rings. The zero-order valence-corrected chi connectivity index (χ0v) is 15.4. The van der Waals surface area contributed by atoms with Gasteiger partial charge in [0.1, 0.15) is 0 Å². The number of ether oxygens (including phenoxy) is 1. The molecule has 7 heteroatoms. The second kappa shape index (κ2) is 6.21. The van der Waals surface area contributed by atoms with Gasteiger partial charge in [-0.3, -0.25) is 4.90 Å². The molecule has 0 radical (unpaired) electrons. The quantitative estimate of drug-likeness (QED) is 0.535. The van der Waals surface area contributed by atoms with Crippen molar-refractivity contribution < 1.29 is 9.53 Å². The third kappa shape index (κ3) is 2.76. The first-order valence-corrected chi connectivity index (χ1v) is 9.51. The van der Waals surface area contributed by atoms with Crippen LogP contribution in [0, 0.1) is 6.92 Å². The van der Waals surface area contributed by atoms with Crippen molar-refractivity contribution >= 4 is 28.5 Å². The minimum Gasteiger partial charge on any atom is -0.391 e. The number of benzene rings is 1. The van der Waals surface area contributed by atoms with Crippen LogP contribution in [0.5, 0.6) is 5.88 Å². The number of thiophene rings is 1. The topological polar surface area (TPSA) is 60.2 Å². The molecule has 0 aliphatic carbocycles. The van der Waals surface area contributed by atoms with Gasteiger partial charge < -0.3 is 4.74 Å². The van der Waals surface area contributed by atoms with E-state index in [-0.39, 0.29) is 6.09 Å². The van der Waals surface area contributed by atoms with E-state index in [1.807, 2.05) is 60.8 Å². The summed E-state index contributed by atoms with van der Waals surface area (Å²) in [4.78, 5) is 19.9. The Labute approximate surface area is 159 Å². The van der Waals surface area contributed by atoms with Crippen LogP contribution < -0.4 is 4.74 Å². The van der Waals surface area contributed by atoms with Crippen LogP contribution >= 0.6 is 11.3 Å². The van der Waals surface area contributed by atoms with E-state index in [9.17, 15) is 4.79 Å². The molecule has 0 fully saturated rings. The molecule has 1 amide bonds. The second-order valence-electron chi connectivity index (χ2n) is 6.46. The maximum Gasteiger partial charge on any atom is 0.417 e. The number of carbonyl (C=O) groups excluding carboxylic acids is 1. The fourth-order valence-electron chi connectivity index (χ4n) is 3.29. The summed E-state index contributed by atoms with van der Waals surface area (Å²) >= 11 is 1.63. The SMILES string of the molecule is Cc1nn(-c2ccccc2)c2nc3c(cc12)CN(Cc1cccs1)C(=O)O3. The number of aryl methyl sites for hydroxylation is 1. The molecule has 1 aromatic carbocycles. The van der Waals surface area contributed by atoms with E-state index < -0.39 is 0 Å². The number of para-hydroxylation sites is 1. The van der Waals surface area contributed by atoms with Crippen molar-refractivity contribution in [2.45, 2.75) is 20.0 Å². The number of nitrogens with zero attached hydrogens (tertiary/aromatic N) is 4. The largest absolute Gasteiger partial charge is 0.417 e. The lowest BCUT2D eigenvalue weighted by Crippen LogP contribution is -2.36. The Hall–Kier alpha value is -3.19. The van der Waals surface area contributed by atoms with E-state index in [1.54, 1.807) is 20.9 Å². The number of fused-ring (bicyclic) bond motifs is 2. The summed E-state index contributed by atoms with van der Waals surface area (Å²) in [5, 5.41) is 7.60. The Balaban J connectivity index is 1.56. The lowest BCUT2D eigenvalue weighted by Gasteiger charge is -2.26. The van der Waals surface area contributed by atoms with Crippen molar-refractivity contribution in [3.8, 4) is 11.6 Å². The standard InChI is InChI=1S/C20H16N4O2S/c1-13-17-10-14-11-23(12-16-8-5-9-27-16)20(25)26-19(14)21-18(17)24(22-13)15-6-3-2-4-7-15/h2-10H,11-12H2,1H3. The molecule has 0 N–H and O–H groups in total. The van der Waals surface area contributed by atoms with Crippen LogP contribution in [0.25, 0.3) is 16.7 Å². The normalized spacial score (nSPS) is 13.7. The van der Waals surface area contributed by atoms with E-state index in [4.69, 9.17) is 4.74 Å². The summed E-state index contributed by atoms with van der Waals surface area (Å²) in [5.74, 6) is 0.368. The van der Waals surface area contributed by atoms with E-state index in [2.05, 4.69) is 10.1 Å². The van der Waals surface area contributed by atoms with E-state index in [0.29, 0.717) is 24.6 Å². The molecule has 6 nitrogen and oxygen atoms in total. The minimum atomic E-state index is -0.370. The van der Waals surface area contributed by atoms with Gasteiger partial charge in [-0.15, -0.1) is 11.3 Å². The van der Waals surface area contributed by atoms with E-state index in [1.165, 1.54) is 0 Å². The molecule has 0 bridgehead atoms. The van der Waals surface area contributed by atoms with Gasteiger partial charge in [-0.25, -0.2) is 9.48 Å². The fraction of sp³-hybridized carbons (Fsp3) is 0.150. The molecule has 5 rings (SSSR count). The molecule has 27 heavy (non-hydrogen) atoms. The molecule has 4 aromatic rings. The average Bonchev–Trinajstić information content (AvgIpc) is 3.30. The van der Waals surface area contributed by atoms with Crippen molar-refractivity contribution in [3.63, 3.8) is 0 Å². The lowest BCUT2D eigenvalue weighted by molar-refractivity contribution is 0.133. The number of hydrogen-bond donors (Lipinski definition) is 0. The zero-order chi connectivity index (χ0) is 18.4. The molecular formula is C20H16N4O2S. The van der Waals surface area contributed by atoms with Crippen LogP contribution in [0.4, 0.5) is 4.79 Å². The molecular weight excluding hydrogens is 360 g/mol.